The number of thiazole rings is 1. The molecule has 3 nitrogen and oxygen atoms in total. The number of benzene rings is 2. The van der Waals surface area contributed by atoms with Crippen LogP contribution < -0.4 is 4.74 Å². The van der Waals surface area contributed by atoms with Crippen LogP contribution in [0.15, 0.2) is 61.2 Å². The minimum atomic E-state index is 0.424. The van der Waals surface area contributed by atoms with E-state index in [-0.39, 0.29) is 0 Å². The lowest BCUT2D eigenvalue weighted by Crippen LogP contribution is -1.94. The van der Waals surface area contributed by atoms with E-state index < -0.39 is 0 Å². The standard InChI is InChI=1S/C19H14N2OS/c1-2-11-22-17-9-5-3-7-14(17)12-15(13-20)19-21-16-8-4-6-10-18(16)23-19/h2-10,12H,1,11H2/b15-12+. The van der Waals surface area contributed by atoms with Crippen LogP contribution in [0.4, 0.5) is 0 Å². The number of ether oxygens (including phenoxy) is 1. The molecule has 0 aliphatic heterocycles. The number of aromatic nitrogens is 1. The number of hydrogen-bond donors (Lipinski definition) is 0. The smallest absolute Gasteiger partial charge is 0.135 e. The Morgan fingerprint density at radius 2 is 2.00 bits per heavy atom. The Bertz CT molecular complexity index is 885. The molecule has 0 atom stereocenters. The first-order chi connectivity index (χ1) is 11.3. The molecular formula is C19H14N2OS. The van der Waals surface area contributed by atoms with Gasteiger partial charge in [0, 0.05) is 5.56 Å². The van der Waals surface area contributed by atoms with E-state index in [1.807, 2.05) is 54.6 Å². The SMILES string of the molecule is C=CCOc1ccccc1/C=C(\C#N)c1nc2ccccc2s1. The van der Waals surface area contributed by atoms with E-state index in [1.165, 1.54) is 11.3 Å². The maximum Gasteiger partial charge on any atom is 0.135 e. The maximum atomic E-state index is 9.52. The van der Waals surface area contributed by atoms with Gasteiger partial charge in [0.1, 0.15) is 23.4 Å². The summed E-state index contributed by atoms with van der Waals surface area (Å²) in [5.41, 5.74) is 2.29. The van der Waals surface area contributed by atoms with Gasteiger partial charge in [-0.15, -0.1) is 11.3 Å². The van der Waals surface area contributed by atoms with Gasteiger partial charge in [-0.05, 0) is 24.3 Å². The van der Waals surface area contributed by atoms with Crippen LogP contribution in [0.3, 0.4) is 0 Å². The minimum Gasteiger partial charge on any atom is -0.489 e. The number of nitrogens with zero attached hydrogens (tertiary/aromatic N) is 2. The summed E-state index contributed by atoms with van der Waals surface area (Å²) in [6.07, 6.45) is 3.51. The van der Waals surface area contributed by atoms with Crippen LogP contribution in [0.5, 0.6) is 5.75 Å². The summed E-state index contributed by atoms with van der Waals surface area (Å²) in [6, 6.07) is 17.7. The van der Waals surface area contributed by atoms with Crippen LogP contribution in [0.2, 0.25) is 0 Å². The minimum absolute atomic E-state index is 0.424. The number of para-hydroxylation sites is 2. The van der Waals surface area contributed by atoms with E-state index in [9.17, 15) is 5.26 Å². The van der Waals surface area contributed by atoms with Crippen molar-refractivity contribution in [3.63, 3.8) is 0 Å². The van der Waals surface area contributed by atoms with Crippen molar-refractivity contribution < 1.29 is 4.74 Å². The predicted molar refractivity (Wildman–Crippen MR) is 95.2 cm³/mol. The second-order valence-corrected chi connectivity index (χ2v) is 5.82. The Kier molecular flexibility index (Phi) is 4.51. The highest BCUT2D eigenvalue weighted by atomic mass is 32.1. The van der Waals surface area contributed by atoms with Gasteiger partial charge in [0.2, 0.25) is 0 Å². The molecule has 4 heteroatoms. The molecule has 0 fully saturated rings. The molecule has 1 aromatic heterocycles. The highest BCUT2D eigenvalue weighted by molar-refractivity contribution is 7.19. The van der Waals surface area contributed by atoms with Crippen LogP contribution in [0, 0.1) is 11.3 Å². The highest BCUT2D eigenvalue weighted by Gasteiger charge is 2.10. The summed E-state index contributed by atoms with van der Waals surface area (Å²) >= 11 is 1.51. The molecule has 2 aromatic carbocycles. The summed E-state index contributed by atoms with van der Waals surface area (Å²) in [5, 5.41) is 10.2. The molecule has 0 unspecified atom stereocenters. The predicted octanol–water partition coefficient (Wildman–Crippen LogP) is 4.93. The van der Waals surface area contributed by atoms with E-state index in [1.54, 1.807) is 6.08 Å². The van der Waals surface area contributed by atoms with Gasteiger partial charge in [0.15, 0.2) is 0 Å². The maximum absolute atomic E-state index is 9.52. The van der Waals surface area contributed by atoms with Crippen molar-refractivity contribution in [3.05, 3.63) is 71.8 Å². The Morgan fingerprint density at radius 1 is 1.22 bits per heavy atom. The van der Waals surface area contributed by atoms with Crippen molar-refractivity contribution in [1.29, 1.82) is 5.26 Å². The average molecular weight is 318 g/mol. The average Bonchev–Trinajstić information content (AvgIpc) is 3.02. The molecule has 1 heterocycles. The Labute approximate surface area is 138 Å². The van der Waals surface area contributed by atoms with Gasteiger partial charge in [-0.25, -0.2) is 4.98 Å². The zero-order valence-corrected chi connectivity index (χ0v) is 13.2. The lowest BCUT2D eigenvalue weighted by Gasteiger charge is -2.06. The normalized spacial score (nSPS) is 11.2. The van der Waals surface area contributed by atoms with Crippen LogP contribution >= 0.6 is 11.3 Å². The van der Waals surface area contributed by atoms with E-state index in [0.29, 0.717) is 17.2 Å². The summed E-state index contributed by atoms with van der Waals surface area (Å²) in [4.78, 5) is 4.54. The zero-order chi connectivity index (χ0) is 16.1. The van der Waals surface area contributed by atoms with E-state index >= 15 is 0 Å². The van der Waals surface area contributed by atoms with Gasteiger partial charge in [-0.3, -0.25) is 0 Å². The third-order valence-electron chi connectivity index (χ3n) is 3.22. The van der Waals surface area contributed by atoms with Crippen molar-refractivity contribution in [3.8, 4) is 11.8 Å². The van der Waals surface area contributed by atoms with Gasteiger partial charge in [-0.1, -0.05) is 43.0 Å². The molecule has 0 saturated carbocycles. The van der Waals surface area contributed by atoms with Crippen LogP contribution in [-0.2, 0) is 0 Å². The fourth-order valence-electron chi connectivity index (χ4n) is 2.16. The number of fused-ring (bicyclic) bond motifs is 1. The molecule has 0 aliphatic rings. The third-order valence-corrected chi connectivity index (χ3v) is 4.29. The molecule has 3 rings (SSSR count). The summed E-state index contributed by atoms with van der Waals surface area (Å²) in [5.74, 6) is 0.723. The van der Waals surface area contributed by atoms with Crippen LogP contribution in [0.25, 0.3) is 21.9 Å². The summed E-state index contributed by atoms with van der Waals surface area (Å²) in [6.45, 7) is 4.08. The number of allylic oxidation sites excluding steroid dienone is 1. The van der Waals surface area contributed by atoms with Crippen molar-refractivity contribution in [2.24, 2.45) is 0 Å². The van der Waals surface area contributed by atoms with Crippen molar-refractivity contribution in [1.82, 2.24) is 4.98 Å². The second kappa shape index (κ2) is 6.91. The molecule has 0 N–H and O–H groups in total. The number of rotatable bonds is 5. The van der Waals surface area contributed by atoms with Gasteiger partial charge in [0.25, 0.3) is 0 Å². The Hall–Kier alpha value is -2.90. The van der Waals surface area contributed by atoms with Crippen molar-refractivity contribution in [2.75, 3.05) is 6.61 Å². The first-order valence-electron chi connectivity index (χ1n) is 7.12. The van der Waals surface area contributed by atoms with Crippen LogP contribution in [-0.4, -0.2) is 11.6 Å². The third kappa shape index (κ3) is 3.31. The van der Waals surface area contributed by atoms with Gasteiger partial charge in [0.05, 0.1) is 15.8 Å². The Morgan fingerprint density at radius 3 is 2.78 bits per heavy atom. The van der Waals surface area contributed by atoms with Crippen molar-refractivity contribution >= 4 is 33.2 Å². The van der Waals surface area contributed by atoms with Crippen molar-refractivity contribution in [2.45, 2.75) is 0 Å². The van der Waals surface area contributed by atoms with Gasteiger partial charge >= 0.3 is 0 Å². The quantitative estimate of drug-likeness (QED) is 0.495. The fraction of sp³-hybridized carbons (Fsp3) is 0.0526. The van der Waals surface area contributed by atoms with Gasteiger partial charge in [-0.2, -0.15) is 5.26 Å². The van der Waals surface area contributed by atoms with Crippen LogP contribution in [0.1, 0.15) is 10.6 Å². The summed E-state index contributed by atoms with van der Waals surface area (Å²) in [7, 11) is 0. The van der Waals surface area contributed by atoms with E-state index in [4.69, 9.17) is 4.74 Å². The molecule has 3 aromatic rings. The molecule has 0 radical (unpaired) electrons. The number of nitriles is 1. The second-order valence-electron chi connectivity index (χ2n) is 4.79. The first-order valence-corrected chi connectivity index (χ1v) is 7.94. The fourth-order valence-corrected chi connectivity index (χ4v) is 3.10. The molecule has 0 saturated heterocycles. The van der Waals surface area contributed by atoms with Gasteiger partial charge < -0.3 is 4.74 Å². The lowest BCUT2D eigenvalue weighted by atomic mass is 10.1. The molecule has 0 aliphatic carbocycles. The Balaban J connectivity index is 2.02. The largest absolute Gasteiger partial charge is 0.489 e. The molecule has 0 amide bonds. The molecular weight excluding hydrogens is 304 g/mol. The topological polar surface area (TPSA) is 45.9 Å². The lowest BCUT2D eigenvalue weighted by molar-refractivity contribution is 0.362. The number of hydrogen-bond acceptors (Lipinski definition) is 4. The summed E-state index contributed by atoms with van der Waals surface area (Å²) < 4.78 is 6.71. The van der Waals surface area contributed by atoms with E-state index in [0.717, 1.165) is 21.5 Å². The van der Waals surface area contributed by atoms with E-state index in [2.05, 4.69) is 17.6 Å². The monoisotopic (exact) mass is 318 g/mol. The highest BCUT2D eigenvalue weighted by Crippen LogP contribution is 2.29. The molecule has 23 heavy (non-hydrogen) atoms. The molecule has 0 spiro atoms. The first kappa shape index (κ1) is 15.0. The zero-order valence-electron chi connectivity index (χ0n) is 12.4. The molecule has 0 bridgehead atoms. The molecule has 112 valence electrons.